The van der Waals surface area contributed by atoms with Crippen molar-refractivity contribution in [1.82, 2.24) is 9.62 Å². The molecule has 1 aliphatic heterocycles. The molecule has 0 radical (unpaired) electrons. The fraction of sp³-hybridized carbons (Fsp3) is 0.364. The molecular formula is C22H25N3O4S. The van der Waals surface area contributed by atoms with E-state index in [2.05, 4.69) is 5.32 Å². The van der Waals surface area contributed by atoms with Gasteiger partial charge in [-0.25, -0.2) is 8.42 Å². The van der Waals surface area contributed by atoms with Crippen LogP contribution in [0.3, 0.4) is 0 Å². The summed E-state index contributed by atoms with van der Waals surface area (Å²) in [6.45, 7) is 0.929. The van der Waals surface area contributed by atoms with Crippen LogP contribution in [0, 0.1) is 0 Å². The third kappa shape index (κ3) is 4.11. The molecule has 1 N–H and O–H groups in total. The largest absolute Gasteiger partial charge is 0.355 e. The van der Waals surface area contributed by atoms with Gasteiger partial charge in [0.05, 0.1) is 4.90 Å². The molecule has 1 saturated carbocycles. The minimum atomic E-state index is -3.67. The van der Waals surface area contributed by atoms with Crippen molar-refractivity contribution in [2.45, 2.75) is 43.2 Å². The summed E-state index contributed by atoms with van der Waals surface area (Å²) in [6.07, 6.45) is 3.05. The van der Waals surface area contributed by atoms with E-state index in [9.17, 15) is 18.0 Å². The van der Waals surface area contributed by atoms with Crippen LogP contribution in [0.4, 0.5) is 5.69 Å². The Morgan fingerprint density at radius 2 is 1.77 bits per heavy atom. The van der Waals surface area contributed by atoms with Crippen LogP contribution in [0.1, 0.15) is 41.6 Å². The molecule has 30 heavy (non-hydrogen) atoms. The quantitative estimate of drug-likeness (QED) is 0.736. The van der Waals surface area contributed by atoms with Crippen LogP contribution in [0.15, 0.2) is 53.4 Å². The Balaban J connectivity index is 1.54. The summed E-state index contributed by atoms with van der Waals surface area (Å²) < 4.78 is 28.2. The van der Waals surface area contributed by atoms with E-state index in [-0.39, 0.29) is 29.3 Å². The molecule has 0 bridgehead atoms. The zero-order valence-electron chi connectivity index (χ0n) is 16.9. The van der Waals surface area contributed by atoms with Crippen molar-refractivity contribution >= 4 is 27.5 Å². The first-order chi connectivity index (χ1) is 14.4. The van der Waals surface area contributed by atoms with E-state index in [1.54, 1.807) is 60.5 Å². The molecule has 0 spiro atoms. The molecule has 158 valence electrons. The molecule has 0 atom stereocenters. The minimum absolute atomic E-state index is 0.00606. The molecule has 2 aromatic carbocycles. The summed E-state index contributed by atoms with van der Waals surface area (Å²) in [5.41, 5.74) is 2.10. The maximum absolute atomic E-state index is 13.3. The number of hydrogen-bond acceptors (Lipinski definition) is 4. The molecule has 1 heterocycles. The van der Waals surface area contributed by atoms with E-state index in [1.165, 1.54) is 4.31 Å². The van der Waals surface area contributed by atoms with Crippen molar-refractivity contribution < 1.29 is 18.0 Å². The predicted octanol–water partition coefficient (Wildman–Crippen LogP) is 2.53. The molecule has 4 rings (SSSR count). The van der Waals surface area contributed by atoms with E-state index >= 15 is 0 Å². The molecule has 8 heteroatoms. The zero-order chi connectivity index (χ0) is 21.3. The molecule has 1 aliphatic carbocycles. The summed E-state index contributed by atoms with van der Waals surface area (Å²) in [7, 11) is -2.10. The Morgan fingerprint density at radius 1 is 1.10 bits per heavy atom. The third-order valence-electron chi connectivity index (χ3n) is 5.56. The molecule has 2 aromatic rings. The number of carbonyl (C=O) groups excluding carboxylic acids is 2. The van der Waals surface area contributed by atoms with Crippen LogP contribution in [0.5, 0.6) is 0 Å². The Morgan fingerprint density at radius 3 is 2.30 bits per heavy atom. The van der Waals surface area contributed by atoms with Crippen molar-refractivity contribution in [2.24, 2.45) is 0 Å². The molecule has 2 aliphatic rings. The first kappa shape index (κ1) is 20.6. The summed E-state index contributed by atoms with van der Waals surface area (Å²) in [6, 6.07) is 13.6. The molecule has 1 saturated heterocycles. The molecule has 0 unspecified atom stereocenters. The Bertz CT molecular complexity index is 1040. The van der Waals surface area contributed by atoms with Crippen LogP contribution in [-0.2, 0) is 21.4 Å². The van der Waals surface area contributed by atoms with E-state index in [0.29, 0.717) is 18.5 Å². The Hall–Kier alpha value is -2.71. The van der Waals surface area contributed by atoms with Crippen molar-refractivity contribution in [3.8, 4) is 0 Å². The number of sulfonamides is 1. The predicted molar refractivity (Wildman–Crippen MR) is 114 cm³/mol. The monoisotopic (exact) mass is 427 g/mol. The average Bonchev–Trinajstić information content (AvgIpc) is 3.51. The van der Waals surface area contributed by atoms with Gasteiger partial charge in [-0.1, -0.05) is 12.1 Å². The number of nitrogens with zero attached hydrogens (tertiary/aromatic N) is 2. The summed E-state index contributed by atoms with van der Waals surface area (Å²) in [4.78, 5) is 25.6. The zero-order valence-corrected chi connectivity index (χ0v) is 17.7. The number of carbonyl (C=O) groups is 2. The van der Waals surface area contributed by atoms with E-state index in [1.807, 2.05) is 0 Å². The van der Waals surface area contributed by atoms with Gasteiger partial charge in [-0.15, -0.1) is 0 Å². The van der Waals surface area contributed by atoms with Gasteiger partial charge in [-0.05, 0) is 61.2 Å². The van der Waals surface area contributed by atoms with Gasteiger partial charge in [0.2, 0.25) is 15.9 Å². The Labute approximate surface area is 176 Å². The van der Waals surface area contributed by atoms with Gasteiger partial charge in [0.25, 0.3) is 5.91 Å². The van der Waals surface area contributed by atoms with Gasteiger partial charge in [0, 0.05) is 43.9 Å². The fourth-order valence-electron chi connectivity index (χ4n) is 3.71. The van der Waals surface area contributed by atoms with Crippen LogP contribution < -0.4 is 10.2 Å². The summed E-state index contributed by atoms with van der Waals surface area (Å²) in [5, 5.41) is 2.57. The second-order valence-electron chi connectivity index (χ2n) is 7.70. The summed E-state index contributed by atoms with van der Waals surface area (Å²) in [5.74, 6) is -0.102. The standard InChI is InChI=1S/C22H25N3O4S/c1-23-22(27)17-6-4-16(5-7-17)15-25(19-8-9-19)30(28,29)20-12-10-18(11-13-20)24-14-2-3-21(24)26/h4-7,10-13,19H,2-3,8-9,14-15H2,1H3,(H,23,27). The van der Waals surface area contributed by atoms with Gasteiger partial charge >= 0.3 is 0 Å². The topological polar surface area (TPSA) is 86.8 Å². The average molecular weight is 428 g/mol. The number of nitrogens with one attached hydrogen (secondary N) is 1. The van der Waals surface area contributed by atoms with Crippen molar-refractivity contribution in [1.29, 1.82) is 0 Å². The second kappa shape index (κ2) is 8.20. The number of anilines is 1. The smallest absolute Gasteiger partial charge is 0.251 e. The third-order valence-corrected chi connectivity index (χ3v) is 7.48. The lowest BCUT2D eigenvalue weighted by Gasteiger charge is -2.23. The van der Waals surface area contributed by atoms with E-state index in [0.717, 1.165) is 30.5 Å². The van der Waals surface area contributed by atoms with E-state index in [4.69, 9.17) is 0 Å². The molecule has 0 aromatic heterocycles. The highest BCUT2D eigenvalue weighted by Crippen LogP contribution is 2.34. The highest BCUT2D eigenvalue weighted by Gasteiger charge is 2.38. The molecule has 2 amide bonds. The SMILES string of the molecule is CNC(=O)c1ccc(CN(C2CC2)S(=O)(=O)c2ccc(N3CCCC3=O)cc2)cc1. The highest BCUT2D eigenvalue weighted by atomic mass is 32.2. The maximum atomic E-state index is 13.3. The van der Waals surface area contributed by atoms with Crippen molar-refractivity contribution in [2.75, 3.05) is 18.5 Å². The van der Waals surface area contributed by atoms with E-state index < -0.39 is 10.0 Å². The van der Waals surface area contributed by atoms with Gasteiger partial charge in [0.1, 0.15) is 0 Å². The summed E-state index contributed by atoms with van der Waals surface area (Å²) >= 11 is 0. The highest BCUT2D eigenvalue weighted by molar-refractivity contribution is 7.89. The number of hydrogen-bond donors (Lipinski definition) is 1. The molecule has 7 nitrogen and oxygen atoms in total. The Kier molecular flexibility index (Phi) is 5.62. The van der Waals surface area contributed by atoms with Crippen LogP contribution in [0.2, 0.25) is 0 Å². The lowest BCUT2D eigenvalue weighted by atomic mass is 10.1. The van der Waals surface area contributed by atoms with Crippen LogP contribution in [-0.4, -0.2) is 44.2 Å². The van der Waals surface area contributed by atoms with Gasteiger partial charge in [-0.3, -0.25) is 9.59 Å². The van der Waals surface area contributed by atoms with Crippen molar-refractivity contribution in [3.63, 3.8) is 0 Å². The van der Waals surface area contributed by atoms with Crippen molar-refractivity contribution in [3.05, 3.63) is 59.7 Å². The van der Waals surface area contributed by atoms with Gasteiger partial charge in [0.15, 0.2) is 0 Å². The second-order valence-corrected chi connectivity index (χ2v) is 9.59. The number of amides is 2. The molecule has 2 fully saturated rings. The van der Waals surface area contributed by atoms with Crippen LogP contribution in [0.25, 0.3) is 0 Å². The van der Waals surface area contributed by atoms with Crippen LogP contribution >= 0.6 is 0 Å². The normalized spacial score (nSPS) is 16.9. The number of rotatable bonds is 7. The minimum Gasteiger partial charge on any atom is -0.355 e. The van der Waals surface area contributed by atoms with Gasteiger partial charge < -0.3 is 10.2 Å². The maximum Gasteiger partial charge on any atom is 0.251 e. The van der Waals surface area contributed by atoms with Gasteiger partial charge in [-0.2, -0.15) is 4.31 Å². The lowest BCUT2D eigenvalue weighted by Crippen LogP contribution is -2.32. The first-order valence-corrected chi connectivity index (χ1v) is 11.6. The first-order valence-electron chi connectivity index (χ1n) is 10.1. The molecular weight excluding hydrogens is 402 g/mol. The number of benzene rings is 2. The fourth-order valence-corrected chi connectivity index (χ4v) is 5.39. The lowest BCUT2D eigenvalue weighted by molar-refractivity contribution is -0.117.